The molecule has 2 nitrogen and oxygen atoms in total. The van der Waals surface area contributed by atoms with Gasteiger partial charge in [-0.25, -0.2) is 4.79 Å². The molecule has 4 aromatic rings. The maximum absolute atomic E-state index is 11.9. The van der Waals surface area contributed by atoms with Crippen LogP contribution in [0.3, 0.4) is 0 Å². The molecule has 4 rings (SSSR count). The average Bonchev–Trinajstić information content (AvgIpc) is 3.02. The van der Waals surface area contributed by atoms with Crippen molar-refractivity contribution < 1.29 is 9.53 Å². The molecule has 128 valence electrons. The van der Waals surface area contributed by atoms with Crippen LogP contribution in [0, 0.1) is 0 Å². The first-order chi connectivity index (χ1) is 12.7. The lowest BCUT2D eigenvalue weighted by atomic mass is 10.2. The number of fused-ring (bicyclic) bond motifs is 3. The lowest BCUT2D eigenvalue weighted by Crippen LogP contribution is -2.09. The first-order valence-corrected chi connectivity index (χ1v) is 9.84. The zero-order valence-corrected chi connectivity index (χ0v) is 15.4. The zero-order chi connectivity index (χ0) is 18.1. The molecule has 0 aliphatic rings. The van der Waals surface area contributed by atoms with Crippen LogP contribution >= 0.6 is 10.5 Å². The summed E-state index contributed by atoms with van der Waals surface area (Å²) >= 11 is 0. The van der Waals surface area contributed by atoms with Crippen LogP contribution in [0.4, 0.5) is 0 Å². The molecule has 0 aliphatic heterocycles. The van der Waals surface area contributed by atoms with Gasteiger partial charge >= 0.3 is 5.97 Å². The van der Waals surface area contributed by atoms with Crippen molar-refractivity contribution in [3.05, 3.63) is 84.9 Å². The Balaban J connectivity index is 1.78. The van der Waals surface area contributed by atoms with E-state index in [2.05, 4.69) is 67.2 Å². The van der Waals surface area contributed by atoms with Crippen molar-refractivity contribution in [1.82, 2.24) is 0 Å². The summed E-state index contributed by atoms with van der Waals surface area (Å²) in [5.41, 5.74) is 0.481. The number of rotatable bonds is 4. The monoisotopic (exact) mass is 359 g/mol. The van der Waals surface area contributed by atoms with E-state index < -0.39 is 0 Å². The summed E-state index contributed by atoms with van der Waals surface area (Å²) in [4.78, 5) is 13.1. The van der Waals surface area contributed by atoms with Crippen molar-refractivity contribution in [1.29, 1.82) is 0 Å². The van der Waals surface area contributed by atoms with Gasteiger partial charge in [0.05, 0.1) is 0 Å². The number of ether oxygens (including phenoxy) is 1. The molecule has 3 aromatic carbocycles. The van der Waals surface area contributed by atoms with Crippen molar-refractivity contribution in [3.8, 4) is 10.6 Å². The van der Waals surface area contributed by atoms with E-state index in [0.717, 1.165) is 0 Å². The van der Waals surface area contributed by atoms with E-state index in [1.807, 2.05) is 19.1 Å². The maximum atomic E-state index is 11.9. The molecule has 0 saturated heterocycles. The molecular weight excluding hydrogens is 340 g/mol. The molecule has 0 spiro atoms. The Morgan fingerprint density at radius 1 is 0.885 bits per heavy atom. The number of thiophene rings is 1. The summed E-state index contributed by atoms with van der Waals surface area (Å²) in [5, 5.41) is 2.61. The standard InChI is InChI=1S/C23H19O2S/c1-3-16(2)23(24)25-17-12-14-18(15-13-17)26-21-10-6-4-8-19(21)20-9-5-7-11-22(20)26/h4-15H,2-3H2,1H3/q+1. The van der Waals surface area contributed by atoms with Gasteiger partial charge in [-0.1, -0.05) is 37.8 Å². The predicted molar refractivity (Wildman–Crippen MR) is 110 cm³/mol. The lowest BCUT2D eigenvalue weighted by molar-refractivity contribution is -0.130. The third-order valence-electron chi connectivity index (χ3n) is 4.49. The maximum Gasteiger partial charge on any atom is 0.338 e. The van der Waals surface area contributed by atoms with Gasteiger partial charge in [-0.05, 0) is 42.8 Å². The van der Waals surface area contributed by atoms with Crippen LogP contribution in [-0.4, -0.2) is 5.97 Å². The molecule has 0 unspecified atom stereocenters. The van der Waals surface area contributed by atoms with Crippen molar-refractivity contribution in [2.24, 2.45) is 0 Å². The van der Waals surface area contributed by atoms with Gasteiger partial charge in [-0.3, -0.25) is 0 Å². The summed E-state index contributed by atoms with van der Waals surface area (Å²) in [6, 6.07) is 25.0. The molecule has 0 radical (unpaired) electrons. The second-order valence-corrected chi connectivity index (χ2v) is 8.08. The molecule has 0 bridgehead atoms. The van der Waals surface area contributed by atoms with Crippen LogP contribution < -0.4 is 4.74 Å². The molecule has 0 amide bonds. The van der Waals surface area contributed by atoms with E-state index in [-0.39, 0.29) is 16.4 Å². The largest absolute Gasteiger partial charge is 0.423 e. The number of hydrogen-bond acceptors (Lipinski definition) is 2. The Hall–Kier alpha value is -2.91. The number of carbonyl (C=O) groups is 1. The van der Waals surface area contributed by atoms with Crippen LogP contribution in [0.5, 0.6) is 5.75 Å². The molecule has 0 N–H and O–H groups in total. The minimum atomic E-state index is -0.362. The lowest BCUT2D eigenvalue weighted by Gasteiger charge is -2.04. The normalized spacial score (nSPS) is 11.0. The highest BCUT2D eigenvalue weighted by Gasteiger charge is 2.23. The zero-order valence-electron chi connectivity index (χ0n) is 14.6. The van der Waals surface area contributed by atoms with E-state index in [0.29, 0.717) is 17.7 Å². The minimum absolute atomic E-state index is 0.130. The smallest absolute Gasteiger partial charge is 0.338 e. The fourth-order valence-corrected chi connectivity index (χ4v) is 5.45. The third-order valence-corrected chi connectivity index (χ3v) is 6.82. The summed E-state index contributed by atoms with van der Waals surface area (Å²) < 4.78 is 8.08. The van der Waals surface area contributed by atoms with Crippen molar-refractivity contribution in [2.75, 3.05) is 0 Å². The Morgan fingerprint density at radius 3 is 1.96 bits per heavy atom. The van der Waals surface area contributed by atoms with Gasteiger partial charge in [-0.2, -0.15) is 0 Å². The number of benzene rings is 3. The summed E-state index contributed by atoms with van der Waals surface area (Å²) in [6.45, 7) is 5.62. The first kappa shape index (κ1) is 16.6. The van der Waals surface area contributed by atoms with Crippen molar-refractivity contribution in [3.63, 3.8) is 0 Å². The van der Waals surface area contributed by atoms with Crippen LogP contribution in [-0.2, 0) is 4.79 Å². The highest BCUT2D eigenvalue weighted by molar-refractivity contribution is 7.50. The third kappa shape index (κ3) is 2.80. The highest BCUT2D eigenvalue weighted by Crippen LogP contribution is 2.48. The minimum Gasteiger partial charge on any atom is -0.423 e. The average molecular weight is 359 g/mol. The Bertz CT molecular complexity index is 1070. The quantitative estimate of drug-likeness (QED) is 0.177. The summed E-state index contributed by atoms with van der Waals surface area (Å²) in [7, 11) is -0.130. The van der Waals surface area contributed by atoms with Crippen molar-refractivity contribution >= 4 is 36.6 Å². The number of hydrogen-bond donors (Lipinski definition) is 0. The summed E-state index contributed by atoms with van der Waals surface area (Å²) in [6.07, 6.45) is 0.591. The highest BCUT2D eigenvalue weighted by atomic mass is 32.2. The number of esters is 1. The first-order valence-electron chi connectivity index (χ1n) is 8.62. The van der Waals surface area contributed by atoms with Gasteiger partial charge in [0.2, 0.25) is 0 Å². The molecule has 0 atom stereocenters. The van der Waals surface area contributed by atoms with Crippen LogP contribution in [0.1, 0.15) is 13.3 Å². The van der Waals surface area contributed by atoms with E-state index in [1.165, 1.54) is 25.1 Å². The molecule has 26 heavy (non-hydrogen) atoms. The van der Waals surface area contributed by atoms with Crippen molar-refractivity contribution in [2.45, 2.75) is 13.3 Å². The number of carbonyl (C=O) groups excluding carboxylic acids is 1. The molecule has 0 saturated carbocycles. The topological polar surface area (TPSA) is 26.3 Å². The van der Waals surface area contributed by atoms with Gasteiger partial charge in [0, 0.05) is 38.9 Å². The molecule has 0 aliphatic carbocycles. The van der Waals surface area contributed by atoms with Crippen LogP contribution in [0.25, 0.3) is 25.1 Å². The second kappa shape index (κ2) is 6.77. The Kier molecular flexibility index (Phi) is 4.31. The fraction of sp³-hybridized carbons (Fsp3) is 0.0870. The summed E-state index contributed by atoms with van der Waals surface area (Å²) in [5.74, 6) is 0.192. The molecular formula is C23H19O2S+. The van der Waals surface area contributed by atoms with Gasteiger partial charge in [0.25, 0.3) is 0 Å². The van der Waals surface area contributed by atoms with E-state index in [4.69, 9.17) is 4.74 Å². The van der Waals surface area contributed by atoms with Gasteiger partial charge in [-0.15, -0.1) is 0 Å². The molecule has 0 fully saturated rings. The fourth-order valence-electron chi connectivity index (χ4n) is 3.07. The second-order valence-electron chi connectivity index (χ2n) is 6.12. The Labute approximate surface area is 155 Å². The Morgan fingerprint density at radius 2 is 1.42 bits per heavy atom. The van der Waals surface area contributed by atoms with Crippen LogP contribution in [0.2, 0.25) is 0 Å². The predicted octanol–water partition coefficient (Wildman–Crippen LogP) is 6.60. The van der Waals surface area contributed by atoms with Crippen LogP contribution in [0.15, 0.2) is 84.9 Å². The van der Waals surface area contributed by atoms with E-state index >= 15 is 0 Å². The molecule has 1 heterocycles. The van der Waals surface area contributed by atoms with E-state index in [1.54, 1.807) is 0 Å². The van der Waals surface area contributed by atoms with Gasteiger partial charge in [0.15, 0.2) is 14.3 Å². The van der Waals surface area contributed by atoms with Gasteiger partial charge < -0.3 is 4.74 Å². The van der Waals surface area contributed by atoms with E-state index in [9.17, 15) is 4.79 Å². The van der Waals surface area contributed by atoms with Gasteiger partial charge in [0.1, 0.15) is 5.75 Å². The molecule has 1 aromatic heterocycles. The SMILES string of the molecule is C=C(CC)C(=O)Oc1ccc(-[s+]2c3ccccc3c3ccccc32)cc1. The molecule has 3 heteroatoms.